The van der Waals surface area contributed by atoms with Crippen molar-refractivity contribution in [2.75, 3.05) is 32.8 Å². The van der Waals surface area contributed by atoms with Gasteiger partial charge in [-0.25, -0.2) is 0 Å². The van der Waals surface area contributed by atoms with Crippen LogP contribution in [-0.2, 0) is 16.1 Å². The maximum atomic E-state index is 12.1. The van der Waals surface area contributed by atoms with Gasteiger partial charge in [-0.3, -0.25) is 4.79 Å². The summed E-state index contributed by atoms with van der Waals surface area (Å²) in [6.07, 6.45) is 2.63. The van der Waals surface area contributed by atoms with Gasteiger partial charge in [-0.1, -0.05) is 44.2 Å². The Hall–Kier alpha value is -1.39. The van der Waals surface area contributed by atoms with Crippen LogP contribution in [0, 0.1) is 11.8 Å². The average molecular weight is 318 g/mol. The van der Waals surface area contributed by atoms with E-state index in [0.717, 1.165) is 18.7 Å². The van der Waals surface area contributed by atoms with Gasteiger partial charge in [0.15, 0.2) is 0 Å². The number of hydrogen-bond donors (Lipinski definition) is 1. The maximum absolute atomic E-state index is 12.1. The number of likely N-dealkylation sites (tertiary alicyclic amines) is 1. The molecule has 1 aliphatic heterocycles. The molecule has 4 nitrogen and oxygen atoms in total. The molecule has 2 rings (SSSR count). The minimum atomic E-state index is -0.113. The first-order valence-electron chi connectivity index (χ1n) is 8.77. The van der Waals surface area contributed by atoms with E-state index in [1.165, 1.54) is 25.9 Å². The van der Waals surface area contributed by atoms with E-state index in [1.54, 1.807) is 0 Å². The SMILES string of the molecule is C[C@@H](CNC(=O)[C@@H](C)COCc1ccccc1)CN1CCCC1. The Bertz CT molecular complexity index is 458. The summed E-state index contributed by atoms with van der Waals surface area (Å²) >= 11 is 0. The molecular weight excluding hydrogens is 288 g/mol. The lowest BCUT2D eigenvalue weighted by Crippen LogP contribution is -2.37. The molecule has 1 heterocycles. The van der Waals surface area contributed by atoms with Crippen molar-refractivity contribution >= 4 is 5.91 Å². The van der Waals surface area contributed by atoms with E-state index < -0.39 is 0 Å². The van der Waals surface area contributed by atoms with Gasteiger partial charge in [-0.2, -0.15) is 0 Å². The Morgan fingerprint density at radius 3 is 2.61 bits per heavy atom. The molecule has 1 aromatic rings. The van der Waals surface area contributed by atoms with E-state index in [-0.39, 0.29) is 11.8 Å². The van der Waals surface area contributed by atoms with Crippen molar-refractivity contribution in [2.45, 2.75) is 33.3 Å². The predicted octanol–water partition coefficient (Wildman–Crippen LogP) is 2.69. The lowest BCUT2D eigenvalue weighted by Gasteiger charge is -2.21. The van der Waals surface area contributed by atoms with E-state index in [9.17, 15) is 4.79 Å². The van der Waals surface area contributed by atoms with Crippen LogP contribution < -0.4 is 5.32 Å². The van der Waals surface area contributed by atoms with E-state index >= 15 is 0 Å². The first kappa shape index (κ1) is 18.0. The van der Waals surface area contributed by atoms with Crippen LogP contribution in [0.2, 0.25) is 0 Å². The summed E-state index contributed by atoms with van der Waals surface area (Å²) in [4.78, 5) is 14.6. The second-order valence-corrected chi connectivity index (χ2v) is 6.76. The second-order valence-electron chi connectivity index (χ2n) is 6.76. The van der Waals surface area contributed by atoms with Crippen molar-refractivity contribution in [3.63, 3.8) is 0 Å². The number of amides is 1. The molecule has 2 atom stereocenters. The molecule has 4 heteroatoms. The van der Waals surface area contributed by atoms with E-state index in [2.05, 4.69) is 17.1 Å². The number of ether oxygens (including phenoxy) is 1. The predicted molar refractivity (Wildman–Crippen MR) is 93.1 cm³/mol. The van der Waals surface area contributed by atoms with E-state index in [0.29, 0.717) is 19.1 Å². The van der Waals surface area contributed by atoms with Crippen molar-refractivity contribution in [1.82, 2.24) is 10.2 Å². The fourth-order valence-electron chi connectivity index (χ4n) is 2.92. The third-order valence-electron chi connectivity index (χ3n) is 4.32. The van der Waals surface area contributed by atoms with Gasteiger partial charge in [-0.05, 0) is 37.4 Å². The lowest BCUT2D eigenvalue weighted by molar-refractivity contribution is -0.126. The van der Waals surface area contributed by atoms with E-state index in [4.69, 9.17) is 4.74 Å². The number of nitrogens with zero attached hydrogens (tertiary/aromatic N) is 1. The first-order valence-corrected chi connectivity index (χ1v) is 8.77. The molecule has 1 aromatic carbocycles. The first-order chi connectivity index (χ1) is 11.1. The monoisotopic (exact) mass is 318 g/mol. The maximum Gasteiger partial charge on any atom is 0.225 e. The molecule has 0 unspecified atom stereocenters. The van der Waals surface area contributed by atoms with Crippen LogP contribution in [0.25, 0.3) is 0 Å². The quantitative estimate of drug-likeness (QED) is 0.761. The summed E-state index contributed by atoms with van der Waals surface area (Å²) in [5.41, 5.74) is 1.14. The van der Waals surface area contributed by atoms with Crippen molar-refractivity contribution in [2.24, 2.45) is 11.8 Å². The van der Waals surface area contributed by atoms with Gasteiger partial charge in [0.1, 0.15) is 0 Å². The van der Waals surface area contributed by atoms with Gasteiger partial charge in [0.2, 0.25) is 5.91 Å². The number of rotatable bonds is 9. The van der Waals surface area contributed by atoms with Crippen molar-refractivity contribution in [1.29, 1.82) is 0 Å². The van der Waals surface area contributed by atoms with Crippen LogP contribution in [0.5, 0.6) is 0 Å². The molecule has 1 N–H and O–H groups in total. The van der Waals surface area contributed by atoms with Gasteiger partial charge in [-0.15, -0.1) is 0 Å². The molecule has 1 amide bonds. The number of benzene rings is 1. The molecule has 0 aromatic heterocycles. The van der Waals surface area contributed by atoms with Crippen LogP contribution >= 0.6 is 0 Å². The standard InChI is InChI=1S/C19H30N2O2/c1-16(13-21-10-6-7-11-21)12-20-19(22)17(2)14-23-15-18-8-4-3-5-9-18/h3-5,8-9,16-17H,6-7,10-15H2,1-2H3,(H,20,22)/t16-,17-/m0/s1. The van der Waals surface area contributed by atoms with Gasteiger partial charge < -0.3 is 15.0 Å². The Morgan fingerprint density at radius 1 is 1.22 bits per heavy atom. The molecular formula is C19H30N2O2. The molecule has 1 saturated heterocycles. The topological polar surface area (TPSA) is 41.6 Å². The molecule has 128 valence electrons. The van der Waals surface area contributed by atoms with E-state index in [1.807, 2.05) is 37.3 Å². The number of carbonyl (C=O) groups is 1. The summed E-state index contributed by atoms with van der Waals surface area (Å²) in [6, 6.07) is 10.0. The molecule has 0 spiro atoms. The molecule has 0 saturated carbocycles. The highest BCUT2D eigenvalue weighted by Crippen LogP contribution is 2.10. The summed E-state index contributed by atoms with van der Waals surface area (Å²) in [7, 11) is 0. The van der Waals surface area contributed by atoms with Crippen molar-refractivity contribution in [3.05, 3.63) is 35.9 Å². The minimum absolute atomic E-state index is 0.0892. The van der Waals surface area contributed by atoms with Crippen LogP contribution in [-0.4, -0.2) is 43.6 Å². The third kappa shape index (κ3) is 6.71. The lowest BCUT2D eigenvalue weighted by atomic mass is 10.1. The molecule has 1 aliphatic rings. The molecule has 0 radical (unpaired) electrons. The number of nitrogens with one attached hydrogen (secondary N) is 1. The van der Waals surface area contributed by atoms with Gasteiger partial charge >= 0.3 is 0 Å². The smallest absolute Gasteiger partial charge is 0.225 e. The molecule has 23 heavy (non-hydrogen) atoms. The van der Waals surface area contributed by atoms with Crippen molar-refractivity contribution in [3.8, 4) is 0 Å². The fourth-order valence-corrected chi connectivity index (χ4v) is 2.92. The Morgan fingerprint density at radius 2 is 1.91 bits per heavy atom. The summed E-state index contributed by atoms with van der Waals surface area (Å²) in [6.45, 7) is 9.40. The molecule has 0 bridgehead atoms. The van der Waals surface area contributed by atoms with Crippen molar-refractivity contribution < 1.29 is 9.53 Å². The van der Waals surface area contributed by atoms with Crippen LogP contribution in [0.4, 0.5) is 0 Å². The normalized spacial score (nSPS) is 17.8. The zero-order chi connectivity index (χ0) is 16.5. The summed E-state index contributed by atoms with van der Waals surface area (Å²) in [5.74, 6) is 0.471. The Labute approximate surface area is 140 Å². The zero-order valence-electron chi connectivity index (χ0n) is 14.5. The fraction of sp³-hybridized carbons (Fsp3) is 0.632. The van der Waals surface area contributed by atoms with Crippen LogP contribution in [0.1, 0.15) is 32.3 Å². The van der Waals surface area contributed by atoms with Gasteiger partial charge in [0, 0.05) is 13.1 Å². The third-order valence-corrected chi connectivity index (χ3v) is 4.32. The average Bonchev–Trinajstić information content (AvgIpc) is 3.06. The second kappa shape index (κ2) is 9.68. The highest BCUT2D eigenvalue weighted by Gasteiger charge is 2.17. The van der Waals surface area contributed by atoms with Gasteiger partial charge in [0.05, 0.1) is 19.1 Å². The zero-order valence-corrected chi connectivity index (χ0v) is 14.5. The number of hydrogen-bond acceptors (Lipinski definition) is 3. The Kier molecular flexibility index (Phi) is 7.56. The number of carbonyl (C=O) groups excluding carboxylic acids is 1. The Balaban J connectivity index is 1.58. The largest absolute Gasteiger partial charge is 0.376 e. The highest BCUT2D eigenvalue weighted by atomic mass is 16.5. The van der Waals surface area contributed by atoms with Crippen LogP contribution in [0.3, 0.4) is 0 Å². The van der Waals surface area contributed by atoms with Gasteiger partial charge in [0.25, 0.3) is 0 Å². The summed E-state index contributed by atoms with van der Waals surface area (Å²) in [5, 5.41) is 3.06. The molecule has 0 aliphatic carbocycles. The molecule has 1 fully saturated rings. The summed E-state index contributed by atoms with van der Waals surface area (Å²) < 4.78 is 5.65. The highest BCUT2D eigenvalue weighted by molar-refractivity contribution is 5.78. The minimum Gasteiger partial charge on any atom is -0.376 e. The van der Waals surface area contributed by atoms with Crippen LogP contribution in [0.15, 0.2) is 30.3 Å².